The molecule has 0 heterocycles. The van der Waals surface area contributed by atoms with E-state index in [-0.39, 0.29) is 5.75 Å². The maximum Gasteiger partial charge on any atom is 0.123 e. The lowest BCUT2D eigenvalue weighted by Gasteiger charge is -2.09. The van der Waals surface area contributed by atoms with Crippen molar-refractivity contribution >= 4 is 16.3 Å². The SMILES string of the molecule is C=C(CN)c1c(O)ccc2ccccc12. The minimum absolute atomic E-state index is 0.240. The van der Waals surface area contributed by atoms with Gasteiger partial charge in [-0.15, -0.1) is 0 Å². The van der Waals surface area contributed by atoms with E-state index < -0.39 is 0 Å². The van der Waals surface area contributed by atoms with Gasteiger partial charge in [-0.2, -0.15) is 0 Å². The number of fused-ring (bicyclic) bond motifs is 1. The highest BCUT2D eigenvalue weighted by Gasteiger charge is 2.08. The second-order valence-corrected chi connectivity index (χ2v) is 3.49. The first kappa shape index (κ1) is 9.74. The molecule has 2 aromatic rings. The van der Waals surface area contributed by atoms with E-state index in [9.17, 15) is 5.11 Å². The standard InChI is InChI=1S/C13H13NO/c1-9(8-14)13-11-5-3-2-4-10(11)6-7-12(13)15/h2-7,15H,1,8,14H2. The first-order valence-electron chi connectivity index (χ1n) is 4.83. The van der Waals surface area contributed by atoms with Crippen LogP contribution in [0.15, 0.2) is 43.0 Å². The van der Waals surface area contributed by atoms with E-state index in [1.54, 1.807) is 6.07 Å². The highest BCUT2D eigenvalue weighted by Crippen LogP contribution is 2.31. The third kappa shape index (κ3) is 1.60. The van der Waals surface area contributed by atoms with Gasteiger partial charge in [-0.05, 0) is 22.4 Å². The van der Waals surface area contributed by atoms with Gasteiger partial charge in [0.25, 0.3) is 0 Å². The van der Waals surface area contributed by atoms with Crippen molar-refractivity contribution in [3.05, 3.63) is 48.5 Å². The third-order valence-corrected chi connectivity index (χ3v) is 2.51. The highest BCUT2D eigenvalue weighted by molar-refractivity contribution is 5.96. The Bertz CT molecular complexity index is 517. The predicted molar refractivity (Wildman–Crippen MR) is 63.7 cm³/mol. The zero-order valence-corrected chi connectivity index (χ0v) is 8.40. The Hall–Kier alpha value is -1.80. The fourth-order valence-electron chi connectivity index (χ4n) is 1.73. The molecule has 0 atom stereocenters. The molecule has 0 aliphatic heterocycles. The van der Waals surface area contributed by atoms with E-state index >= 15 is 0 Å². The lowest BCUT2D eigenvalue weighted by atomic mass is 9.98. The molecule has 0 saturated heterocycles. The van der Waals surface area contributed by atoms with Crippen molar-refractivity contribution in [3.63, 3.8) is 0 Å². The van der Waals surface area contributed by atoms with Gasteiger partial charge in [-0.25, -0.2) is 0 Å². The molecule has 0 fully saturated rings. The number of benzene rings is 2. The van der Waals surface area contributed by atoms with Crippen LogP contribution in [0.1, 0.15) is 5.56 Å². The van der Waals surface area contributed by atoms with Crippen molar-refractivity contribution in [1.82, 2.24) is 0 Å². The molecule has 2 heteroatoms. The number of aromatic hydroxyl groups is 1. The molecular weight excluding hydrogens is 186 g/mol. The predicted octanol–water partition coefficient (Wildman–Crippen LogP) is 2.52. The maximum atomic E-state index is 9.79. The topological polar surface area (TPSA) is 46.2 Å². The summed E-state index contributed by atoms with van der Waals surface area (Å²) in [4.78, 5) is 0. The lowest BCUT2D eigenvalue weighted by molar-refractivity contribution is 0.474. The van der Waals surface area contributed by atoms with E-state index in [2.05, 4.69) is 6.58 Å². The van der Waals surface area contributed by atoms with Crippen LogP contribution in [0.5, 0.6) is 5.75 Å². The van der Waals surface area contributed by atoms with Crippen LogP contribution in [0.4, 0.5) is 0 Å². The summed E-state index contributed by atoms with van der Waals surface area (Å²) in [5.41, 5.74) is 7.07. The van der Waals surface area contributed by atoms with Gasteiger partial charge in [-0.3, -0.25) is 0 Å². The zero-order chi connectivity index (χ0) is 10.8. The maximum absolute atomic E-state index is 9.79. The van der Waals surface area contributed by atoms with Gasteiger partial charge in [0, 0.05) is 12.1 Å². The minimum Gasteiger partial charge on any atom is -0.507 e. The van der Waals surface area contributed by atoms with Gasteiger partial charge < -0.3 is 10.8 Å². The summed E-state index contributed by atoms with van der Waals surface area (Å²) in [5.74, 6) is 0.240. The Morgan fingerprint density at radius 1 is 1.20 bits per heavy atom. The average Bonchev–Trinajstić information content (AvgIpc) is 2.28. The van der Waals surface area contributed by atoms with Crippen LogP contribution in [0.3, 0.4) is 0 Å². The first-order chi connectivity index (χ1) is 7.24. The van der Waals surface area contributed by atoms with Gasteiger partial charge in [0.1, 0.15) is 5.75 Å². The van der Waals surface area contributed by atoms with Crippen LogP contribution in [0.2, 0.25) is 0 Å². The highest BCUT2D eigenvalue weighted by atomic mass is 16.3. The fourth-order valence-corrected chi connectivity index (χ4v) is 1.73. The quantitative estimate of drug-likeness (QED) is 0.780. The number of hydrogen-bond donors (Lipinski definition) is 2. The van der Waals surface area contributed by atoms with Crippen LogP contribution >= 0.6 is 0 Å². The summed E-state index contributed by atoms with van der Waals surface area (Å²) < 4.78 is 0. The number of hydrogen-bond acceptors (Lipinski definition) is 2. The summed E-state index contributed by atoms with van der Waals surface area (Å²) >= 11 is 0. The van der Waals surface area contributed by atoms with E-state index in [0.717, 1.165) is 21.9 Å². The molecule has 2 nitrogen and oxygen atoms in total. The Kier molecular flexibility index (Phi) is 2.44. The van der Waals surface area contributed by atoms with Crippen molar-refractivity contribution in [3.8, 4) is 5.75 Å². The summed E-state index contributed by atoms with van der Waals surface area (Å²) in [7, 11) is 0. The molecule has 15 heavy (non-hydrogen) atoms. The summed E-state index contributed by atoms with van der Waals surface area (Å²) in [6.07, 6.45) is 0. The normalized spacial score (nSPS) is 10.5. The molecule has 0 saturated carbocycles. The van der Waals surface area contributed by atoms with Crippen LogP contribution in [0, 0.1) is 0 Å². The molecule has 3 N–H and O–H groups in total. The molecule has 2 aromatic carbocycles. The van der Waals surface area contributed by atoms with E-state index in [1.807, 2.05) is 30.3 Å². The van der Waals surface area contributed by atoms with Crippen molar-refractivity contribution in [2.24, 2.45) is 5.73 Å². The third-order valence-electron chi connectivity index (χ3n) is 2.51. The molecule has 2 rings (SSSR count). The van der Waals surface area contributed by atoms with Crippen molar-refractivity contribution in [2.45, 2.75) is 0 Å². The zero-order valence-electron chi connectivity index (χ0n) is 8.40. The first-order valence-corrected chi connectivity index (χ1v) is 4.83. The fraction of sp³-hybridized carbons (Fsp3) is 0.0769. The van der Waals surface area contributed by atoms with Gasteiger partial charge in [0.2, 0.25) is 0 Å². The van der Waals surface area contributed by atoms with Gasteiger partial charge >= 0.3 is 0 Å². The van der Waals surface area contributed by atoms with E-state index in [4.69, 9.17) is 5.73 Å². The average molecular weight is 199 g/mol. The number of phenolic OH excluding ortho intramolecular Hbond substituents is 1. The molecule has 0 amide bonds. The molecule has 0 unspecified atom stereocenters. The monoisotopic (exact) mass is 199 g/mol. The van der Waals surface area contributed by atoms with Gasteiger partial charge in [-0.1, -0.05) is 36.9 Å². The number of nitrogens with two attached hydrogens (primary N) is 1. The van der Waals surface area contributed by atoms with Crippen molar-refractivity contribution < 1.29 is 5.11 Å². The van der Waals surface area contributed by atoms with Crippen LogP contribution in [-0.4, -0.2) is 11.7 Å². The molecular formula is C13H13NO. The Labute approximate surface area is 88.7 Å². The van der Waals surface area contributed by atoms with Crippen molar-refractivity contribution in [1.29, 1.82) is 0 Å². The molecule has 76 valence electrons. The van der Waals surface area contributed by atoms with Crippen molar-refractivity contribution in [2.75, 3.05) is 6.54 Å². The molecule has 0 bridgehead atoms. The van der Waals surface area contributed by atoms with Crippen LogP contribution in [0.25, 0.3) is 16.3 Å². The second-order valence-electron chi connectivity index (χ2n) is 3.49. The Balaban J connectivity index is 2.79. The summed E-state index contributed by atoms with van der Waals surface area (Å²) in [5, 5.41) is 11.9. The molecule has 0 spiro atoms. The Morgan fingerprint density at radius 2 is 1.93 bits per heavy atom. The van der Waals surface area contributed by atoms with Gasteiger partial charge in [0.15, 0.2) is 0 Å². The Morgan fingerprint density at radius 3 is 2.67 bits per heavy atom. The summed E-state index contributed by atoms with van der Waals surface area (Å²) in [6, 6.07) is 11.4. The molecule has 0 aliphatic carbocycles. The molecule has 0 radical (unpaired) electrons. The number of phenols is 1. The lowest BCUT2D eigenvalue weighted by Crippen LogP contribution is -2.01. The van der Waals surface area contributed by atoms with Gasteiger partial charge in [0.05, 0.1) is 0 Å². The number of rotatable bonds is 2. The van der Waals surface area contributed by atoms with E-state index in [1.165, 1.54) is 0 Å². The van der Waals surface area contributed by atoms with Crippen LogP contribution < -0.4 is 5.73 Å². The summed E-state index contributed by atoms with van der Waals surface area (Å²) in [6.45, 7) is 4.22. The molecule has 0 aliphatic rings. The smallest absolute Gasteiger partial charge is 0.123 e. The van der Waals surface area contributed by atoms with E-state index in [0.29, 0.717) is 6.54 Å². The minimum atomic E-state index is 0.240. The largest absolute Gasteiger partial charge is 0.507 e. The van der Waals surface area contributed by atoms with Crippen LogP contribution in [-0.2, 0) is 0 Å². The molecule has 0 aromatic heterocycles. The second kappa shape index (κ2) is 3.75.